The van der Waals surface area contributed by atoms with E-state index in [1.165, 1.54) is 41.5 Å². The lowest BCUT2D eigenvalue weighted by atomic mass is 9.77. The van der Waals surface area contributed by atoms with Gasteiger partial charge in [-0.15, -0.1) is 0 Å². The van der Waals surface area contributed by atoms with E-state index in [-0.39, 0.29) is 12.1 Å². The summed E-state index contributed by atoms with van der Waals surface area (Å²) in [7, 11) is 0. The van der Waals surface area contributed by atoms with Crippen LogP contribution < -0.4 is 0 Å². The molecule has 0 fully saturated rings. The predicted molar refractivity (Wildman–Crippen MR) is 95.2 cm³/mol. The number of halogens is 13. The van der Waals surface area contributed by atoms with Crippen molar-refractivity contribution in [2.24, 2.45) is 0 Å². The van der Waals surface area contributed by atoms with Gasteiger partial charge in [-0.1, -0.05) is 41.5 Å². The van der Waals surface area contributed by atoms with Crippen LogP contribution in [-0.4, -0.2) is 35.0 Å². The number of alkyl halides is 13. The second-order valence-electron chi connectivity index (χ2n) is 9.79. The van der Waals surface area contributed by atoms with Crippen LogP contribution in [0.3, 0.4) is 0 Å². The minimum atomic E-state index is -7.97. The van der Waals surface area contributed by atoms with Gasteiger partial charge in [0, 0.05) is 16.7 Å². The van der Waals surface area contributed by atoms with Gasteiger partial charge in [0.1, 0.15) is 5.75 Å². The molecule has 0 saturated carbocycles. The topological polar surface area (TPSA) is 20.2 Å². The molecule has 0 aliphatic heterocycles. The van der Waals surface area contributed by atoms with E-state index in [1.807, 2.05) is 0 Å². The number of aromatic hydroxyl groups is 1. The molecule has 34 heavy (non-hydrogen) atoms. The quantitative estimate of drug-likeness (QED) is 0.385. The first kappa shape index (κ1) is 30.1. The zero-order chi connectivity index (χ0) is 27.7. The summed E-state index contributed by atoms with van der Waals surface area (Å²) in [5.41, 5.74) is -5.79. The van der Waals surface area contributed by atoms with E-state index in [1.54, 1.807) is 0 Å². The summed E-state index contributed by atoms with van der Waals surface area (Å²) < 4.78 is 176. The van der Waals surface area contributed by atoms with Crippen molar-refractivity contribution < 1.29 is 62.2 Å². The molecule has 0 unspecified atom stereocenters. The number of benzene rings is 1. The molecule has 0 aliphatic carbocycles. The van der Waals surface area contributed by atoms with Gasteiger partial charge in [-0.25, -0.2) is 0 Å². The average molecular weight is 524 g/mol. The molecule has 1 N–H and O–H groups in total. The average Bonchev–Trinajstić information content (AvgIpc) is 2.57. The number of phenols is 1. The molecule has 0 atom stereocenters. The van der Waals surface area contributed by atoms with E-state index in [9.17, 15) is 62.2 Å². The van der Waals surface area contributed by atoms with Crippen LogP contribution >= 0.6 is 0 Å². The summed E-state index contributed by atoms with van der Waals surface area (Å²) in [5.74, 6) is -38.2. The number of rotatable bonds is 5. The van der Waals surface area contributed by atoms with Crippen molar-refractivity contribution in [1.82, 2.24) is 0 Å². The van der Waals surface area contributed by atoms with Gasteiger partial charge in [-0.2, -0.15) is 57.1 Å². The van der Waals surface area contributed by atoms with Crippen LogP contribution in [0.2, 0.25) is 0 Å². The van der Waals surface area contributed by atoms with Gasteiger partial charge < -0.3 is 5.11 Å². The molecule has 0 radical (unpaired) electrons. The Kier molecular flexibility index (Phi) is 6.92. The monoisotopic (exact) mass is 524 g/mol. The van der Waals surface area contributed by atoms with Crippen molar-refractivity contribution >= 4 is 0 Å². The lowest BCUT2D eigenvalue weighted by Crippen LogP contribution is -2.69. The molecular formula is C20H21F13O. The van der Waals surface area contributed by atoms with Gasteiger partial charge in [0.25, 0.3) is 0 Å². The molecule has 0 bridgehead atoms. The molecule has 14 heteroatoms. The smallest absolute Gasteiger partial charge is 0.460 e. The fourth-order valence-electron chi connectivity index (χ4n) is 2.91. The van der Waals surface area contributed by atoms with Gasteiger partial charge in [-0.3, -0.25) is 0 Å². The first-order valence-electron chi connectivity index (χ1n) is 9.34. The van der Waals surface area contributed by atoms with Gasteiger partial charge in [-0.05, 0) is 23.0 Å². The zero-order valence-corrected chi connectivity index (χ0v) is 18.5. The van der Waals surface area contributed by atoms with E-state index >= 15 is 0 Å². The van der Waals surface area contributed by atoms with E-state index in [0.29, 0.717) is 0 Å². The predicted octanol–water partition coefficient (Wildman–Crippen LogP) is 8.18. The van der Waals surface area contributed by atoms with Crippen LogP contribution in [0.1, 0.15) is 58.2 Å². The summed E-state index contributed by atoms with van der Waals surface area (Å²) in [4.78, 5) is 0. The van der Waals surface area contributed by atoms with Gasteiger partial charge in [0.15, 0.2) is 0 Å². The second kappa shape index (κ2) is 7.81. The SMILES string of the molecule is CC(C)(C)c1cc(C(F)(F)C(F)(F)C(F)(F)C(F)(F)C(F)(F)C(F)(F)F)cc(C(C)(C)C)c1O. The molecule has 1 aromatic carbocycles. The highest BCUT2D eigenvalue weighted by atomic mass is 19.4. The third-order valence-corrected chi connectivity index (χ3v) is 5.02. The lowest BCUT2D eigenvalue weighted by molar-refractivity contribution is -0.441. The maximum absolute atomic E-state index is 14.7. The molecule has 1 aromatic rings. The minimum Gasteiger partial charge on any atom is -0.507 e. The van der Waals surface area contributed by atoms with Crippen molar-refractivity contribution in [1.29, 1.82) is 0 Å². The van der Waals surface area contributed by atoms with E-state index in [0.717, 1.165) is 0 Å². The number of hydrogen-bond donors (Lipinski definition) is 1. The summed E-state index contributed by atoms with van der Waals surface area (Å²) >= 11 is 0. The second-order valence-corrected chi connectivity index (χ2v) is 9.79. The van der Waals surface area contributed by atoms with Gasteiger partial charge in [0.05, 0.1) is 0 Å². The Morgan fingerprint density at radius 3 is 1.06 bits per heavy atom. The number of hydrogen-bond acceptors (Lipinski definition) is 1. The largest absolute Gasteiger partial charge is 0.507 e. The van der Waals surface area contributed by atoms with Crippen LogP contribution in [0, 0.1) is 0 Å². The van der Waals surface area contributed by atoms with Crippen LogP contribution in [-0.2, 0) is 16.8 Å². The Morgan fingerprint density at radius 1 is 0.500 bits per heavy atom. The maximum Gasteiger partial charge on any atom is 0.460 e. The Balaban J connectivity index is 3.96. The van der Waals surface area contributed by atoms with Crippen molar-refractivity contribution in [3.05, 3.63) is 28.8 Å². The van der Waals surface area contributed by atoms with E-state index in [2.05, 4.69) is 0 Å². The summed E-state index contributed by atoms with van der Waals surface area (Å²) in [6.45, 7) is 7.67. The molecule has 0 amide bonds. The molecule has 0 aromatic heterocycles. The van der Waals surface area contributed by atoms with Crippen LogP contribution in [0.15, 0.2) is 12.1 Å². The Bertz CT molecular complexity index is 881. The summed E-state index contributed by atoms with van der Waals surface area (Å²) in [6, 6.07) is 0.156. The van der Waals surface area contributed by atoms with E-state index in [4.69, 9.17) is 0 Å². The van der Waals surface area contributed by atoms with Gasteiger partial charge in [0.2, 0.25) is 0 Å². The molecule has 0 aliphatic rings. The highest BCUT2D eigenvalue weighted by Gasteiger charge is 2.90. The normalized spacial score (nSPS) is 15.6. The van der Waals surface area contributed by atoms with Crippen LogP contribution in [0.4, 0.5) is 57.1 Å². The highest BCUT2D eigenvalue weighted by molar-refractivity contribution is 5.51. The molecule has 1 rings (SSSR count). The van der Waals surface area contributed by atoms with E-state index < -0.39 is 69.1 Å². The molecule has 198 valence electrons. The minimum absolute atomic E-state index is 0.0780. The van der Waals surface area contributed by atoms with Crippen LogP contribution in [0.5, 0.6) is 5.75 Å². The Hall–Kier alpha value is -1.89. The standard InChI is InChI=1S/C20H21F13O/c1-13(2,3)10-7-9(8-11(12(10)34)14(4,5)6)15(21,22)16(23,24)17(25,26)18(27,28)19(29,30)20(31,32)33/h7-8,34H,1-6H3. The lowest BCUT2D eigenvalue weighted by Gasteiger charge is -2.40. The summed E-state index contributed by atoms with van der Waals surface area (Å²) in [5, 5.41) is 10.4. The Labute approximate surface area is 185 Å². The Morgan fingerprint density at radius 2 is 0.794 bits per heavy atom. The highest BCUT2D eigenvalue weighted by Crippen LogP contribution is 2.62. The first-order chi connectivity index (χ1) is 14.5. The van der Waals surface area contributed by atoms with Crippen molar-refractivity contribution in [2.45, 2.75) is 88.2 Å². The van der Waals surface area contributed by atoms with Crippen molar-refractivity contribution in [2.75, 3.05) is 0 Å². The molecule has 0 saturated heterocycles. The third kappa shape index (κ3) is 4.29. The number of phenolic OH excluding ortho intramolecular Hbond substituents is 1. The van der Waals surface area contributed by atoms with Gasteiger partial charge >= 0.3 is 35.8 Å². The molecular weight excluding hydrogens is 503 g/mol. The van der Waals surface area contributed by atoms with Crippen molar-refractivity contribution in [3.8, 4) is 5.75 Å². The third-order valence-electron chi connectivity index (χ3n) is 5.02. The zero-order valence-electron chi connectivity index (χ0n) is 18.5. The first-order valence-corrected chi connectivity index (χ1v) is 9.34. The van der Waals surface area contributed by atoms with Crippen molar-refractivity contribution in [3.63, 3.8) is 0 Å². The molecule has 0 spiro atoms. The fourth-order valence-corrected chi connectivity index (χ4v) is 2.91. The van der Waals surface area contributed by atoms with Crippen LogP contribution in [0.25, 0.3) is 0 Å². The fraction of sp³-hybridized carbons (Fsp3) is 0.700. The maximum atomic E-state index is 14.7. The molecule has 0 heterocycles. The molecule has 1 nitrogen and oxygen atoms in total. The summed E-state index contributed by atoms with van der Waals surface area (Å²) in [6.07, 6.45) is -7.47.